The maximum atomic E-state index is 11.3. The van der Waals surface area contributed by atoms with Gasteiger partial charge in [-0.05, 0) is 23.8 Å². The van der Waals surface area contributed by atoms with Crippen LogP contribution in [0.1, 0.15) is 5.56 Å². The number of hydrogen-bond acceptors (Lipinski definition) is 4. The second-order valence-corrected chi connectivity index (χ2v) is 5.85. The Bertz CT molecular complexity index is 713. The Hall–Kier alpha value is -2.19. The molecule has 2 aromatic rings. The zero-order chi connectivity index (χ0) is 13.2. The first-order valence-corrected chi connectivity index (χ1v) is 7.06. The Labute approximate surface area is 105 Å². The lowest BCUT2D eigenvalue weighted by Gasteiger charge is -2.04. The Balaban J connectivity index is 2.51. The van der Waals surface area contributed by atoms with Crippen LogP contribution in [0.4, 0.5) is 0 Å². The summed E-state index contributed by atoms with van der Waals surface area (Å²) in [5.74, 6) is 0. The predicted octanol–water partition coefficient (Wildman–Crippen LogP) is 2.02. The third-order valence-corrected chi connectivity index (χ3v) is 3.66. The van der Waals surface area contributed by atoms with Crippen molar-refractivity contribution in [1.82, 2.24) is 4.98 Å². The first-order chi connectivity index (χ1) is 8.52. The summed E-state index contributed by atoms with van der Waals surface area (Å²) in [5, 5.41) is 8.99. The van der Waals surface area contributed by atoms with E-state index in [9.17, 15) is 8.42 Å². The van der Waals surface area contributed by atoms with Gasteiger partial charge in [0.05, 0.1) is 16.5 Å². The van der Waals surface area contributed by atoms with Crippen LogP contribution in [0.2, 0.25) is 0 Å². The van der Waals surface area contributed by atoms with Crippen molar-refractivity contribution in [2.24, 2.45) is 0 Å². The molecule has 2 rings (SSSR count). The lowest BCUT2D eigenvalue weighted by atomic mass is 10.0. The summed E-state index contributed by atoms with van der Waals surface area (Å²) in [6.07, 6.45) is 4.30. The highest BCUT2D eigenvalue weighted by molar-refractivity contribution is 7.90. The van der Waals surface area contributed by atoms with Crippen molar-refractivity contribution in [3.05, 3.63) is 48.3 Å². The summed E-state index contributed by atoms with van der Waals surface area (Å²) < 4.78 is 22.7. The van der Waals surface area contributed by atoms with Crippen LogP contribution in [0.15, 0.2) is 47.6 Å². The van der Waals surface area contributed by atoms with E-state index in [1.807, 2.05) is 0 Å². The van der Waals surface area contributed by atoms with Crippen LogP contribution >= 0.6 is 0 Å². The molecule has 1 heterocycles. The summed E-state index contributed by atoms with van der Waals surface area (Å²) in [5.41, 5.74) is 1.98. The molecule has 0 bridgehead atoms. The van der Waals surface area contributed by atoms with Gasteiger partial charge in [-0.3, -0.25) is 4.98 Å². The number of sulfone groups is 1. The minimum atomic E-state index is -3.20. The number of rotatable bonds is 2. The molecule has 0 aliphatic carbocycles. The Morgan fingerprint density at radius 2 is 1.83 bits per heavy atom. The van der Waals surface area contributed by atoms with Crippen molar-refractivity contribution in [2.75, 3.05) is 6.26 Å². The summed E-state index contributed by atoms with van der Waals surface area (Å²) in [7, 11) is -3.20. The third kappa shape index (κ3) is 2.39. The summed E-state index contributed by atoms with van der Waals surface area (Å²) >= 11 is 0. The standard InChI is InChI=1S/C13H10N2O2S/c1-18(16,17)12-4-2-10(3-5-12)13-9-15-7-6-11(13)8-14/h2-7,9H,1H3. The summed E-state index contributed by atoms with van der Waals surface area (Å²) in [6, 6.07) is 10.1. The molecule has 0 saturated heterocycles. The van der Waals surface area contributed by atoms with Crippen LogP contribution in [0, 0.1) is 11.3 Å². The summed E-state index contributed by atoms with van der Waals surface area (Å²) in [6.45, 7) is 0. The maximum absolute atomic E-state index is 11.3. The number of nitrogens with zero attached hydrogens (tertiary/aromatic N) is 2. The molecule has 0 fully saturated rings. The smallest absolute Gasteiger partial charge is 0.175 e. The van der Waals surface area contributed by atoms with Crippen molar-refractivity contribution in [3.8, 4) is 17.2 Å². The first kappa shape index (κ1) is 12.3. The normalized spacial score (nSPS) is 10.9. The Kier molecular flexibility index (Phi) is 3.13. The second-order valence-electron chi connectivity index (χ2n) is 3.83. The van der Waals surface area contributed by atoms with Crippen molar-refractivity contribution < 1.29 is 8.42 Å². The summed E-state index contributed by atoms with van der Waals surface area (Å²) in [4.78, 5) is 4.23. The molecular formula is C13H10N2O2S. The molecule has 0 saturated carbocycles. The van der Waals surface area contributed by atoms with E-state index in [0.29, 0.717) is 11.1 Å². The number of benzene rings is 1. The van der Waals surface area contributed by atoms with Gasteiger partial charge in [0, 0.05) is 24.2 Å². The highest BCUT2D eigenvalue weighted by atomic mass is 32.2. The van der Waals surface area contributed by atoms with Gasteiger partial charge in [0.25, 0.3) is 0 Å². The zero-order valence-corrected chi connectivity index (χ0v) is 10.5. The van der Waals surface area contributed by atoms with Gasteiger partial charge in [0.2, 0.25) is 0 Å². The van der Waals surface area contributed by atoms with Crippen molar-refractivity contribution in [2.45, 2.75) is 4.90 Å². The van der Waals surface area contributed by atoms with Crippen LogP contribution in [0.3, 0.4) is 0 Å². The average Bonchev–Trinajstić information content (AvgIpc) is 2.38. The second kappa shape index (κ2) is 4.59. The van der Waals surface area contributed by atoms with Gasteiger partial charge in [-0.2, -0.15) is 5.26 Å². The van der Waals surface area contributed by atoms with Gasteiger partial charge in [-0.15, -0.1) is 0 Å². The number of hydrogen-bond donors (Lipinski definition) is 0. The molecule has 0 amide bonds. The maximum Gasteiger partial charge on any atom is 0.175 e. The molecule has 0 atom stereocenters. The molecule has 0 aliphatic heterocycles. The molecular weight excluding hydrogens is 248 g/mol. The number of nitriles is 1. The molecule has 90 valence electrons. The van der Waals surface area contributed by atoms with Crippen LogP contribution in [-0.2, 0) is 9.84 Å². The van der Waals surface area contributed by atoms with E-state index in [1.165, 1.54) is 12.1 Å². The van der Waals surface area contributed by atoms with Crippen molar-refractivity contribution in [3.63, 3.8) is 0 Å². The first-order valence-electron chi connectivity index (χ1n) is 5.17. The largest absolute Gasteiger partial charge is 0.264 e. The molecule has 0 aliphatic rings. The predicted molar refractivity (Wildman–Crippen MR) is 67.5 cm³/mol. The average molecular weight is 258 g/mol. The number of aromatic nitrogens is 1. The molecule has 5 heteroatoms. The van der Waals surface area contributed by atoms with Gasteiger partial charge in [0.1, 0.15) is 0 Å². The van der Waals surface area contributed by atoms with E-state index in [-0.39, 0.29) is 4.90 Å². The molecule has 4 nitrogen and oxygen atoms in total. The van der Waals surface area contributed by atoms with E-state index >= 15 is 0 Å². The highest BCUT2D eigenvalue weighted by Gasteiger charge is 2.08. The van der Waals surface area contributed by atoms with E-state index in [1.54, 1.807) is 30.6 Å². The molecule has 0 unspecified atom stereocenters. The topological polar surface area (TPSA) is 70.8 Å². The van der Waals surface area contributed by atoms with E-state index in [2.05, 4.69) is 11.1 Å². The Morgan fingerprint density at radius 1 is 1.17 bits per heavy atom. The fraction of sp³-hybridized carbons (Fsp3) is 0.0769. The SMILES string of the molecule is CS(=O)(=O)c1ccc(-c2cnccc2C#N)cc1. The van der Waals surface area contributed by atoms with Gasteiger partial charge in [-0.1, -0.05) is 12.1 Å². The fourth-order valence-corrected chi connectivity index (χ4v) is 2.23. The van der Waals surface area contributed by atoms with E-state index < -0.39 is 9.84 Å². The van der Waals surface area contributed by atoms with Crippen LogP contribution in [0.25, 0.3) is 11.1 Å². The van der Waals surface area contributed by atoms with Crippen LogP contribution in [-0.4, -0.2) is 19.7 Å². The van der Waals surface area contributed by atoms with Crippen molar-refractivity contribution in [1.29, 1.82) is 5.26 Å². The quantitative estimate of drug-likeness (QED) is 0.826. The molecule has 1 aromatic heterocycles. The Morgan fingerprint density at radius 3 is 2.39 bits per heavy atom. The minimum Gasteiger partial charge on any atom is -0.264 e. The van der Waals surface area contributed by atoms with E-state index in [0.717, 1.165) is 11.8 Å². The minimum absolute atomic E-state index is 0.258. The molecule has 0 radical (unpaired) electrons. The van der Waals surface area contributed by atoms with Gasteiger partial charge in [-0.25, -0.2) is 8.42 Å². The van der Waals surface area contributed by atoms with Gasteiger partial charge in [0.15, 0.2) is 9.84 Å². The monoisotopic (exact) mass is 258 g/mol. The van der Waals surface area contributed by atoms with E-state index in [4.69, 9.17) is 5.26 Å². The van der Waals surface area contributed by atoms with Crippen LogP contribution in [0.5, 0.6) is 0 Å². The zero-order valence-electron chi connectivity index (χ0n) is 9.66. The van der Waals surface area contributed by atoms with Crippen LogP contribution < -0.4 is 0 Å². The molecule has 0 N–H and O–H groups in total. The van der Waals surface area contributed by atoms with Gasteiger partial charge >= 0.3 is 0 Å². The fourth-order valence-electron chi connectivity index (χ4n) is 1.60. The third-order valence-electron chi connectivity index (χ3n) is 2.53. The highest BCUT2D eigenvalue weighted by Crippen LogP contribution is 2.23. The van der Waals surface area contributed by atoms with Gasteiger partial charge < -0.3 is 0 Å². The lowest BCUT2D eigenvalue weighted by molar-refractivity contribution is 0.602. The molecule has 18 heavy (non-hydrogen) atoms. The molecule has 0 spiro atoms. The van der Waals surface area contributed by atoms with Crippen molar-refractivity contribution >= 4 is 9.84 Å². The lowest BCUT2D eigenvalue weighted by Crippen LogP contribution is -1.96. The number of pyridine rings is 1. The molecule has 1 aromatic carbocycles.